The molecule has 0 fully saturated rings. The predicted octanol–water partition coefficient (Wildman–Crippen LogP) is 1.09. The van der Waals surface area contributed by atoms with Crippen LogP contribution in [-0.4, -0.2) is 45.0 Å². The Morgan fingerprint density at radius 2 is 2.10 bits per heavy atom. The molecule has 1 aromatic heterocycles. The summed E-state index contributed by atoms with van der Waals surface area (Å²) in [5, 5.41) is 31.6. The molecular weight excluding hydrogens is 260 g/mol. The van der Waals surface area contributed by atoms with Crippen molar-refractivity contribution in [2.75, 3.05) is 18.5 Å². The SMILES string of the molecule is CC(O)(CO)CNc1c(C(=O)O)cnc2ccccc12. The molecule has 0 amide bonds. The Balaban J connectivity index is 2.47. The van der Waals surface area contributed by atoms with Crippen LogP contribution in [0, 0.1) is 0 Å². The molecule has 1 unspecified atom stereocenters. The Kier molecular flexibility index (Phi) is 3.87. The van der Waals surface area contributed by atoms with E-state index in [4.69, 9.17) is 5.11 Å². The summed E-state index contributed by atoms with van der Waals surface area (Å²) in [6, 6.07) is 7.12. The summed E-state index contributed by atoms with van der Waals surface area (Å²) in [5.41, 5.74) is -0.266. The fraction of sp³-hybridized carbons (Fsp3) is 0.286. The lowest BCUT2D eigenvalue weighted by molar-refractivity contribution is 0.0132. The van der Waals surface area contributed by atoms with Crippen molar-refractivity contribution in [3.8, 4) is 0 Å². The number of pyridine rings is 1. The summed E-state index contributed by atoms with van der Waals surface area (Å²) in [6.07, 6.45) is 1.28. The number of hydrogen-bond donors (Lipinski definition) is 4. The van der Waals surface area contributed by atoms with Gasteiger partial charge >= 0.3 is 5.97 Å². The molecule has 1 atom stereocenters. The van der Waals surface area contributed by atoms with E-state index in [9.17, 15) is 15.0 Å². The van der Waals surface area contributed by atoms with E-state index >= 15 is 0 Å². The number of carboxylic acids is 1. The van der Waals surface area contributed by atoms with Crippen LogP contribution >= 0.6 is 0 Å². The molecule has 1 aromatic carbocycles. The number of nitrogens with one attached hydrogen (secondary N) is 1. The number of benzene rings is 1. The molecule has 0 saturated carbocycles. The first kappa shape index (κ1) is 14.2. The third kappa shape index (κ3) is 2.87. The molecule has 106 valence electrons. The number of hydrogen-bond acceptors (Lipinski definition) is 5. The van der Waals surface area contributed by atoms with Gasteiger partial charge in [-0.2, -0.15) is 0 Å². The summed E-state index contributed by atoms with van der Waals surface area (Å²) in [4.78, 5) is 15.4. The van der Waals surface area contributed by atoms with Gasteiger partial charge in [-0.15, -0.1) is 0 Å². The number of fused-ring (bicyclic) bond motifs is 1. The lowest BCUT2D eigenvalue weighted by atomic mass is 10.1. The van der Waals surface area contributed by atoms with Gasteiger partial charge in [-0.05, 0) is 13.0 Å². The fourth-order valence-corrected chi connectivity index (χ4v) is 1.83. The number of aromatic carboxylic acids is 1. The standard InChI is InChI=1S/C14H16N2O4/c1-14(20,8-17)7-16-12-9-4-2-3-5-11(9)15-6-10(12)13(18)19/h2-6,17,20H,7-8H2,1H3,(H,15,16)(H,18,19). The second kappa shape index (κ2) is 5.44. The van der Waals surface area contributed by atoms with Gasteiger partial charge in [0, 0.05) is 18.1 Å². The molecule has 0 spiro atoms. The molecule has 6 nitrogen and oxygen atoms in total. The quantitative estimate of drug-likeness (QED) is 0.652. The first-order valence-electron chi connectivity index (χ1n) is 6.13. The van der Waals surface area contributed by atoms with Crippen molar-refractivity contribution in [2.45, 2.75) is 12.5 Å². The van der Waals surface area contributed by atoms with Gasteiger partial charge in [0.15, 0.2) is 0 Å². The number of carboxylic acid groups (broad SMARTS) is 1. The van der Waals surface area contributed by atoms with Crippen molar-refractivity contribution < 1.29 is 20.1 Å². The molecule has 4 N–H and O–H groups in total. The van der Waals surface area contributed by atoms with E-state index in [0.717, 1.165) is 0 Å². The Hall–Kier alpha value is -2.18. The lowest BCUT2D eigenvalue weighted by Gasteiger charge is -2.22. The van der Waals surface area contributed by atoms with Gasteiger partial charge in [0.25, 0.3) is 0 Å². The third-order valence-electron chi connectivity index (χ3n) is 2.99. The molecule has 0 bridgehead atoms. The molecule has 0 aliphatic carbocycles. The molecule has 2 rings (SSSR count). The summed E-state index contributed by atoms with van der Waals surface area (Å²) >= 11 is 0. The highest BCUT2D eigenvalue weighted by atomic mass is 16.4. The monoisotopic (exact) mass is 276 g/mol. The van der Waals surface area contributed by atoms with Crippen molar-refractivity contribution in [1.29, 1.82) is 0 Å². The van der Waals surface area contributed by atoms with Crippen LogP contribution in [0.1, 0.15) is 17.3 Å². The van der Waals surface area contributed by atoms with E-state index in [-0.39, 0.29) is 12.1 Å². The van der Waals surface area contributed by atoms with Gasteiger partial charge in [0.05, 0.1) is 17.8 Å². The summed E-state index contributed by atoms with van der Waals surface area (Å²) < 4.78 is 0. The summed E-state index contributed by atoms with van der Waals surface area (Å²) in [6.45, 7) is 1.06. The van der Waals surface area contributed by atoms with Crippen molar-refractivity contribution in [1.82, 2.24) is 4.98 Å². The summed E-state index contributed by atoms with van der Waals surface area (Å²) in [5.74, 6) is -1.10. The molecule has 0 radical (unpaired) electrons. The van der Waals surface area contributed by atoms with Crippen LogP contribution < -0.4 is 5.32 Å². The second-order valence-electron chi connectivity index (χ2n) is 4.88. The van der Waals surface area contributed by atoms with Crippen LogP contribution in [0.3, 0.4) is 0 Å². The zero-order valence-corrected chi connectivity index (χ0v) is 11.0. The van der Waals surface area contributed by atoms with Crippen molar-refractivity contribution in [2.24, 2.45) is 0 Å². The molecular formula is C14H16N2O4. The van der Waals surface area contributed by atoms with Crippen LogP contribution in [0.25, 0.3) is 10.9 Å². The second-order valence-corrected chi connectivity index (χ2v) is 4.88. The van der Waals surface area contributed by atoms with E-state index in [0.29, 0.717) is 16.6 Å². The van der Waals surface area contributed by atoms with E-state index < -0.39 is 18.2 Å². The number of para-hydroxylation sites is 1. The van der Waals surface area contributed by atoms with E-state index in [2.05, 4.69) is 10.3 Å². The van der Waals surface area contributed by atoms with Crippen LogP contribution in [0.2, 0.25) is 0 Å². The topological polar surface area (TPSA) is 103 Å². The van der Waals surface area contributed by atoms with Gasteiger partial charge < -0.3 is 20.6 Å². The molecule has 0 saturated heterocycles. The maximum atomic E-state index is 11.3. The number of carbonyl (C=O) groups is 1. The molecule has 0 aliphatic heterocycles. The zero-order chi connectivity index (χ0) is 14.8. The predicted molar refractivity (Wildman–Crippen MR) is 74.9 cm³/mol. The van der Waals surface area contributed by atoms with Gasteiger partial charge in [-0.3, -0.25) is 4.98 Å². The van der Waals surface area contributed by atoms with E-state index in [1.807, 2.05) is 6.07 Å². The fourth-order valence-electron chi connectivity index (χ4n) is 1.83. The van der Waals surface area contributed by atoms with Crippen LogP contribution in [0.15, 0.2) is 30.5 Å². The van der Waals surface area contributed by atoms with Gasteiger partial charge in [0.2, 0.25) is 0 Å². The number of aromatic nitrogens is 1. The molecule has 6 heteroatoms. The Morgan fingerprint density at radius 3 is 2.75 bits per heavy atom. The minimum absolute atomic E-state index is 0.0254. The van der Waals surface area contributed by atoms with Crippen LogP contribution in [0.5, 0.6) is 0 Å². The summed E-state index contributed by atoms with van der Waals surface area (Å²) in [7, 11) is 0. The smallest absolute Gasteiger partial charge is 0.339 e. The molecule has 1 heterocycles. The Labute approximate surface area is 115 Å². The number of nitrogens with zero attached hydrogens (tertiary/aromatic N) is 1. The third-order valence-corrected chi connectivity index (χ3v) is 2.99. The average Bonchev–Trinajstić information content (AvgIpc) is 2.44. The number of aliphatic hydroxyl groups excluding tert-OH is 1. The minimum atomic E-state index is -1.33. The van der Waals surface area contributed by atoms with Gasteiger partial charge in [-0.1, -0.05) is 18.2 Å². The highest BCUT2D eigenvalue weighted by Gasteiger charge is 2.21. The van der Waals surface area contributed by atoms with Gasteiger partial charge in [0.1, 0.15) is 11.2 Å². The van der Waals surface area contributed by atoms with Crippen molar-refractivity contribution >= 4 is 22.6 Å². The van der Waals surface area contributed by atoms with Crippen molar-refractivity contribution in [3.05, 3.63) is 36.0 Å². The normalized spacial score (nSPS) is 13.9. The number of aliphatic hydroxyl groups is 2. The zero-order valence-electron chi connectivity index (χ0n) is 11.0. The Bertz CT molecular complexity index is 640. The molecule has 20 heavy (non-hydrogen) atoms. The van der Waals surface area contributed by atoms with E-state index in [1.54, 1.807) is 18.2 Å². The highest BCUT2D eigenvalue weighted by Crippen LogP contribution is 2.26. The van der Waals surface area contributed by atoms with Gasteiger partial charge in [-0.25, -0.2) is 4.79 Å². The van der Waals surface area contributed by atoms with Crippen LogP contribution in [0.4, 0.5) is 5.69 Å². The maximum Gasteiger partial charge on any atom is 0.339 e. The number of rotatable bonds is 5. The number of anilines is 1. The largest absolute Gasteiger partial charge is 0.478 e. The Morgan fingerprint density at radius 1 is 1.40 bits per heavy atom. The van der Waals surface area contributed by atoms with E-state index in [1.165, 1.54) is 13.1 Å². The molecule has 2 aromatic rings. The highest BCUT2D eigenvalue weighted by molar-refractivity contribution is 6.04. The molecule has 0 aliphatic rings. The minimum Gasteiger partial charge on any atom is -0.478 e. The first-order chi connectivity index (χ1) is 9.44. The maximum absolute atomic E-state index is 11.3. The van der Waals surface area contributed by atoms with Crippen LogP contribution in [-0.2, 0) is 0 Å². The van der Waals surface area contributed by atoms with Crippen molar-refractivity contribution in [3.63, 3.8) is 0 Å². The lowest BCUT2D eigenvalue weighted by Crippen LogP contribution is -2.37. The average molecular weight is 276 g/mol. The first-order valence-corrected chi connectivity index (χ1v) is 6.13.